The lowest BCUT2D eigenvalue weighted by Gasteiger charge is -2.36. The maximum absolute atomic E-state index is 12.2. The predicted octanol–water partition coefficient (Wildman–Crippen LogP) is 3.58. The number of benzene rings is 1. The summed E-state index contributed by atoms with van der Waals surface area (Å²) in [7, 11) is 0. The number of urea groups is 1. The van der Waals surface area contributed by atoms with E-state index in [-0.39, 0.29) is 24.3 Å². The fourth-order valence-corrected chi connectivity index (χ4v) is 3.22. The van der Waals surface area contributed by atoms with Crippen molar-refractivity contribution in [2.24, 2.45) is 0 Å². The maximum atomic E-state index is 12.2. The van der Waals surface area contributed by atoms with Gasteiger partial charge in [-0.15, -0.1) is 0 Å². The van der Waals surface area contributed by atoms with Gasteiger partial charge in [0, 0.05) is 36.9 Å². The minimum atomic E-state index is -0.234. The van der Waals surface area contributed by atoms with Crippen molar-refractivity contribution < 1.29 is 9.53 Å². The molecule has 0 radical (unpaired) electrons. The normalized spacial score (nSPS) is 21.1. The van der Waals surface area contributed by atoms with Gasteiger partial charge in [0.25, 0.3) is 0 Å². The molecule has 1 aromatic carbocycles. The summed E-state index contributed by atoms with van der Waals surface area (Å²) in [6.45, 7) is 7.86. The first kappa shape index (κ1) is 18.2. The molecule has 1 fully saturated rings. The molecule has 2 heterocycles. The van der Waals surface area contributed by atoms with E-state index in [1.54, 1.807) is 12.4 Å². The SMILES string of the molecule is CC1CN(c2ccc(NC(=O)NC(C)c3cccnc3)cc2)CC(C)O1. The van der Waals surface area contributed by atoms with Crippen molar-refractivity contribution in [2.45, 2.75) is 39.0 Å². The summed E-state index contributed by atoms with van der Waals surface area (Å²) >= 11 is 0. The van der Waals surface area contributed by atoms with Crippen LogP contribution >= 0.6 is 0 Å². The average Bonchev–Trinajstić information content (AvgIpc) is 2.62. The number of carbonyl (C=O) groups is 1. The Kier molecular flexibility index (Phi) is 5.73. The molecule has 138 valence electrons. The second-order valence-corrected chi connectivity index (χ2v) is 6.82. The second-order valence-electron chi connectivity index (χ2n) is 6.82. The van der Waals surface area contributed by atoms with Gasteiger partial charge >= 0.3 is 6.03 Å². The summed E-state index contributed by atoms with van der Waals surface area (Å²) in [5, 5.41) is 5.79. The third kappa shape index (κ3) is 4.73. The standard InChI is InChI=1S/C20H26N4O2/c1-14-12-24(13-15(2)26-14)19-8-6-18(7-9-19)23-20(25)22-16(3)17-5-4-10-21-11-17/h4-11,14-16H,12-13H2,1-3H3,(H2,22,23,25). The van der Waals surface area contributed by atoms with Gasteiger partial charge in [0.1, 0.15) is 0 Å². The molecule has 1 aliphatic rings. The van der Waals surface area contributed by atoms with E-state index in [0.29, 0.717) is 0 Å². The van der Waals surface area contributed by atoms with Gasteiger partial charge in [-0.2, -0.15) is 0 Å². The molecule has 1 aliphatic heterocycles. The number of ether oxygens (including phenoxy) is 1. The van der Waals surface area contributed by atoms with Gasteiger partial charge in [0.15, 0.2) is 0 Å². The van der Waals surface area contributed by atoms with Crippen LogP contribution in [0, 0.1) is 0 Å². The second kappa shape index (κ2) is 8.19. The molecule has 6 heteroatoms. The van der Waals surface area contributed by atoms with E-state index in [2.05, 4.69) is 34.4 Å². The molecule has 0 bridgehead atoms. The lowest BCUT2D eigenvalue weighted by molar-refractivity contribution is -0.00521. The quantitative estimate of drug-likeness (QED) is 0.881. The number of nitrogens with one attached hydrogen (secondary N) is 2. The van der Waals surface area contributed by atoms with Crippen molar-refractivity contribution in [1.29, 1.82) is 0 Å². The van der Waals surface area contributed by atoms with Crippen molar-refractivity contribution in [3.8, 4) is 0 Å². The highest BCUT2D eigenvalue weighted by Gasteiger charge is 2.22. The minimum absolute atomic E-state index is 0.112. The number of pyridine rings is 1. The lowest BCUT2D eigenvalue weighted by atomic mass is 10.1. The van der Waals surface area contributed by atoms with Crippen molar-refractivity contribution >= 4 is 17.4 Å². The first-order valence-electron chi connectivity index (χ1n) is 8.99. The molecule has 0 aliphatic carbocycles. The van der Waals surface area contributed by atoms with Crippen molar-refractivity contribution in [3.05, 3.63) is 54.4 Å². The van der Waals surface area contributed by atoms with E-state index in [9.17, 15) is 4.79 Å². The molecule has 6 nitrogen and oxygen atoms in total. The predicted molar refractivity (Wildman–Crippen MR) is 103 cm³/mol. The average molecular weight is 354 g/mol. The zero-order chi connectivity index (χ0) is 18.5. The van der Waals surface area contributed by atoms with Crippen LogP contribution in [0.1, 0.15) is 32.4 Å². The van der Waals surface area contributed by atoms with E-state index in [4.69, 9.17) is 4.74 Å². The van der Waals surface area contributed by atoms with E-state index in [1.165, 1.54) is 0 Å². The van der Waals surface area contributed by atoms with Gasteiger partial charge in [0.2, 0.25) is 0 Å². The monoisotopic (exact) mass is 354 g/mol. The van der Waals surface area contributed by atoms with Crippen molar-refractivity contribution in [2.75, 3.05) is 23.3 Å². The number of rotatable bonds is 4. The van der Waals surface area contributed by atoms with Gasteiger partial charge in [-0.05, 0) is 56.7 Å². The summed E-state index contributed by atoms with van der Waals surface area (Å²) in [5.41, 5.74) is 2.87. The zero-order valence-electron chi connectivity index (χ0n) is 15.5. The first-order valence-corrected chi connectivity index (χ1v) is 8.99. The van der Waals surface area contributed by atoms with Crippen LogP contribution in [-0.4, -0.2) is 36.3 Å². The molecule has 3 atom stereocenters. The third-order valence-corrected chi connectivity index (χ3v) is 4.44. The summed E-state index contributed by atoms with van der Waals surface area (Å²) in [6, 6.07) is 11.4. The molecule has 2 N–H and O–H groups in total. The minimum Gasteiger partial charge on any atom is -0.372 e. The lowest BCUT2D eigenvalue weighted by Crippen LogP contribution is -2.45. The Labute approximate surface area is 154 Å². The molecule has 2 aromatic rings. The number of hydrogen-bond donors (Lipinski definition) is 2. The fourth-order valence-electron chi connectivity index (χ4n) is 3.22. The van der Waals surface area contributed by atoms with Crippen molar-refractivity contribution in [1.82, 2.24) is 10.3 Å². The van der Waals surface area contributed by atoms with Crippen LogP contribution in [0.15, 0.2) is 48.8 Å². The van der Waals surface area contributed by atoms with Crippen molar-refractivity contribution in [3.63, 3.8) is 0 Å². The number of nitrogens with zero attached hydrogens (tertiary/aromatic N) is 2. The molecule has 3 rings (SSSR count). The Morgan fingerprint density at radius 2 is 1.88 bits per heavy atom. The molecule has 3 unspecified atom stereocenters. The highest BCUT2D eigenvalue weighted by Crippen LogP contribution is 2.22. The number of anilines is 2. The molecule has 2 amide bonds. The Bertz CT molecular complexity index is 710. The van der Waals surface area contributed by atoms with Crippen LogP contribution in [0.5, 0.6) is 0 Å². The summed E-state index contributed by atoms with van der Waals surface area (Å²) in [4.78, 5) is 18.6. The van der Waals surface area contributed by atoms with E-state index < -0.39 is 0 Å². The highest BCUT2D eigenvalue weighted by molar-refractivity contribution is 5.89. The van der Waals surface area contributed by atoms with Crippen LogP contribution in [0.3, 0.4) is 0 Å². The number of morpholine rings is 1. The van der Waals surface area contributed by atoms with Crippen LogP contribution in [0.4, 0.5) is 16.2 Å². The Morgan fingerprint density at radius 3 is 2.50 bits per heavy atom. The first-order chi connectivity index (χ1) is 12.5. The maximum Gasteiger partial charge on any atom is 0.319 e. The Balaban J connectivity index is 1.56. The Morgan fingerprint density at radius 1 is 1.19 bits per heavy atom. The summed E-state index contributed by atoms with van der Waals surface area (Å²) < 4.78 is 5.78. The van der Waals surface area contributed by atoms with E-state index >= 15 is 0 Å². The summed E-state index contributed by atoms with van der Waals surface area (Å²) in [5.74, 6) is 0. The molecule has 26 heavy (non-hydrogen) atoms. The fraction of sp³-hybridized carbons (Fsp3) is 0.400. The molecule has 1 saturated heterocycles. The van der Waals surface area contributed by atoms with Crippen LogP contribution in [0.2, 0.25) is 0 Å². The number of aromatic nitrogens is 1. The number of amides is 2. The topological polar surface area (TPSA) is 66.5 Å². The third-order valence-electron chi connectivity index (χ3n) is 4.44. The molecule has 0 spiro atoms. The van der Waals surface area contributed by atoms with Gasteiger partial charge < -0.3 is 20.3 Å². The molecule has 0 saturated carbocycles. The highest BCUT2D eigenvalue weighted by atomic mass is 16.5. The Hall–Kier alpha value is -2.60. The largest absolute Gasteiger partial charge is 0.372 e. The molecule has 1 aromatic heterocycles. The van der Waals surface area contributed by atoms with Gasteiger partial charge in [-0.25, -0.2) is 4.79 Å². The van der Waals surface area contributed by atoms with Gasteiger partial charge in [-0.1, -0.05) is 6.07 Å². The number of carbonyl (C=O) groups excluding carboxylic acids is 1. The zero-order valence-corrected chi connectivity index (χ0v) is 15.5. The smallest absolute Gasteiger partial charge is 0.319 e. The van der Waals surface area contributed by atoms with Crippen LogP contribution < -0.4 is 15.5 Å². The number of hydrogen-bond acceptors (Lipinski definition) is 4. The summed E-state index contributed by atoms with van der Waals surface area (Å²) in [6.07, 6.45) is 3.91. The van der Waals surface area contributed by atoms with Crippen LogP contribution in [0.25, 0.3) is 0 Å². The van der Waals surface area contributed by atoms with Gasteiger partial charge in [0.05, 0.1) is 18.2 Å². The van der Waals surface area contributed by atoms with E-state index in [1.807, 2.05) is 43.3 Å². The van der Waals surface area contributed by atoms with E-state index in [0.717, 1.165) is 30.0 Å². The van der Waals surface area contributed by atoms with Crippen LogP contribution in [-0.2, 0) is 4.74 Å². The van der Waals surface area contributed by atoms with Gasteiger partial charge in [-0.3, -0.25) is 4.98 Å². The molecular formula is C20H26N4O2. The molecular weight excluding hydrogens is 328 g/mol.